The van der Waals surface area contributed by atoms with Crippen LogP contribution in [0.4, 0.5) is 0 Å². The SMILES string of the molecule is COc1nc2ccccc2[s+]1[O-]. The number of ether oxygens (including phenoxy) is 1. The maximum Gasteiger partial charge on any atom is 0.434 e. The Morgan fingerprint density at radius 2 is 2.17 bits per heavy atom. The maximum absolute atomic E-state index is 11.5. The molecule has 0 radical (unpaired) electrons. The maximum atomic E-state index is 11.5. The van der Waals surface area contributed by atoms with Crippen LogP contribution in [0.1, 0.15) is 0 Å². The van der Waals surface area contributed by atoms with Gasteiger partial charge in [-0.25, -0.2) is 0 Å². The zero-order valence-corrected chi connectivity index (χ0v) is 7.30. The molecule has 1 unspecified atom stereocenters. The van der Waals surface area contributed by atoms with Crippen LogP contribution in [0.5, 0.6) is 5.19 Å². The van der Waals surface area contributed by atoms with E-state index in [2.05, 4.69) is 4.98 Å². The van der Waals surface area contributed by atoms with E-state index in [0.29, 0.717) is 0 Å². The third kappa shape index (κ3) is 0.964. The van der Waals surface area contributed by atoms with Crippen LogP contribution in [-0.4, -0.2) is 16.6 Å². The number of hydrogen-bond acceptors (Lipinski definition) is 3. The Kier molecular flexibility index (Phi) is 1.71. The summed E-state index contributed by atoms with van der Waals surface area (Å²) in [5, 5.41) is 0.288. The van der Waals surface area contributed by atoms with E-state index in [4.69, 9.17) is 4.74 Å². The van der Waals surface area contributed by atoms with E-state index in [0.717, 1.165) is 10.2 Å². The van der Waals surface area contributed by atoms with E-state index in [1.54, 1.807) is 6.07 Å². The molecule has 0 saturated heterocycles. The highest BCUT2D eigenvalue weighted by Crippen LogP contribution is 2.35. The Balaban J connectivity index is 2.78. The fraction of sp³-hybridized carbons (Fsp3) is 0.125. The highest BCUT2D eigenvalue weighted by molar-refractivity contribution is 7.32. The number of thiazole rings is 1. The molecule has 3 nitrogen and oxygen atoms in total. The molecule has 0 saturated carbocycles. The summed E-state index contributed by atoms with van der Waals surface area (Å²) in [6.07, 6.45) is 0. The van der Waals surface area contributed by atoms with Crippen molar-refractivity contribution < 1.29 is 9.29 Å². The van der Waals surface area contributed by atoms with E-state index in [-0.39, 0.29) is 5.19 Å². The van der Waals surface area contributed by atoms with Crippen molar-refractivity contribution in [3.8, 4) is 5.19 Å². The standard InChI is InChI=1S/C8H7NO2S/c1-11-8-9-6-4-2-3-5-7(6)12(8)10/h2-5H,1H3. The van der Waals surface area contributed by atoms with Gasteiger partial charge in [-0.05, 0) is 6.07 Å². The van der Waals surface area contributed by atoms with Crippen LogP contribution in [0.2, 0.25) is 0 Å². The van der Waals surface area contributed by atoms with Crippen LogP contribution >= 0.6 is 10.8 Å². The number of methoxy groups -OCH3 is 1. The Morgan fingerprint density at radius 1 is 1.42 bits per heavy atom. The lowest BCUT2D eigenvalue weighted by atomic mass is 10.3. The van der Waals surface area contributed by atoms with Gasteiger partial charge in [-0.3, -0.25) is 0 Å². The highest BCUT2D eigenvalue weighted by atomic mass is 32.2. The lowest BCUT2D eigenvalue weighted by Crippen LogP contribution is -1.80. The average molecular weight is 181 g/mol. The third-order valence-electron chi connectivity index (χ3n) is 1.61. The normalized spacial score (nSPS) is 12.0. The molecule has 0 spiro atoms. The zero-order valence-electron chi connectivity index (χ0n) is 6.48. The molecule has 2 rings (SSSR count). The van der Waals surface area contributed by atoms with Crippen LogP contribution in [0.15, 0.2) is 24.3 Å². The van der Waals surface area contributed by atoms with Crippen LogP contribution in [0, 0.1) is 0 Å². The second kappa shape index (κ2) is 2.73. The number of para-hydroxylation sites is 1. The minimum Gasteiger partial charge on any atom is -0.586 e. The summed E-state index contributed by atoms with van der Waals surface area (Å²) >= 11 is 0. The van der Waals surface area contributed by atoms with Gasteiger partial charge in [0.1, 0.15) is 5.52 Å². The fourth-order valence-electron chi connectivity index (χ4n) is 1.06. The summed E-state index contributed by atoms with van der Waals surface area (Å²) < 4.78 is 17.1. The molecule has 0 amide bonds. The molecule has 0 bridgehead atoms. The zero-order chi connectivity index (χ0) is 8.55. The van der Waals surface area contributed by atoms with Crippen molar-refractivity contribution in [1.29, 1.82) is 0 Å². The van der Waals surface area contributed by atoms with E-state index in [1.807, 2.05) is 18.2 Å². The average Bonchev–Trinajstić information content (AvgIpc) is 2.44. The van der Waals surface area contributed by atoms with Crippen LogP contribution in [-0.2, 0) is 0 Å². The van der Waals surface area contributed by atoms with Gasteiger partial charge in [-0.1, -0.05) is 12.1 Å². The van der Waals surface area contributed by atoms with Crippen LogP contribution < -0.4 is 4.74 Å². The number of benzene rings is 1. The first-order valence-electron chi connectivity index (χ1n) is 3.46. The Morgan fingerprint density at radius 3 is 2.83 bits per heavy atom. The van der Waals surface area contributed by atoms with Gasteiger partial charge < -0.3 is 9.29 Å². The molecule has 0 aliphatic rings. The smallest absolute Gasteiger partial charge is 0.434 e. The Labute approximate surface area is 72.4 Å². The molecular formula is C8H7NO2S. The first-order chi connectivity index (χ1) is 5.83. The molecule has 1 heterocycles. The van der Waals surface area contributed by atoms with Crippen molar-refractivity contribution in [3.63, 3.8) is 0 Å². The lowest BCUT2D eigenvalue weighted by molar-refractivity contribution is 0.405. The summed E-state index contributed by atoms with van der Waals surface area (Å²) in [5.74, 6) is 0. The summed E-state index contributed by atoms with van der Waals surface area (Å²) in [5.41, 5.74) is 0.743. The number of hydrogen-bond donors (Lipinski definition) is 0. The molecule has 1 aromatic heterocycles. The van der Waals surface area contributed by atoms with E-state index < -0.39 is 10.8 Å². The molecule has 0 aliphatic carbocycles. The fourth-order valence-corrected chi connectivity index (χ4v) is 2.09. The minimum atomic E-state index is -1.21. The molecule has 12 heavy (non-hydrogen) atoms. The second-order valence-electron chi connectivity index (χ2n) is 2.32. The van der Waals surface area contributed by atoms with Crippen LogP contribution in [0.3, 0.4) is 0 Å². The molecule has 1 aromatic carbocycles. The minimum absolute atomic E-state index is 0.288. The van der Waals surface area contributed by atoms with E-state index in [1.165, 1.54) is 7.11 Å². The number of aromatic nitrogens is 1. The highest BCUT2D eigenvalue weighted by Gasteiger charge is 2.14. The molecule has 0 N–H and O–H groups in total. The molecule has 4 heteroatoms. The van der Waals surface area contributed by atoms with Crippen molar-refractivity contribution in [1.82, 2.24) is 4.98 Å². The van der Waals surface area contributed by atoms with Gasteiger partial charge in [0.25, 0.3) is 0 Å². The Bertz CT molecular complexity index is 410. The van der Waals surface area contributed by atoms with E-state index >= 15 is 0 Å². The van der Waals surface area contributed by atoms with Crippen LogP contribution in [0.25, 0.3) is 10.2 Å². The van der Waals surface area contributed by atoms with Gasteiger partial charge in [-0.2, -0.15) is 4.98 Å². The van der Waals surface area contributed by atoms with Crippen molar-refractivity contribution >= 4 is 21.0 Å². The Hall–Kier alpha value is -1.13. The van der Waals surface area contributed by atoms with Gasteiger partial charge in [0.15, 0.2) is 0 Å². The molecular weight excluding hydrogens is 174 g/mol. The number of nitrogens with zero attached hydrogens (tertiary/aromatic N) is 1. The van der Waals surface area contributed by atoms with Gasteiger partial charge in [0.2, 0.25) is 4.70 Å². The first-order valence-corrected chi connectivity index (χ1v) is 4.61. The van der Waals surface area contributed by atoms with Gasteiger partial charge in [-0.15, -0.1) is 0 Å². The predicted molar refractivity (Wildman–Crippen MR) is 46.9 cm³/mol. The second-order valence-corrected chi connectivity index (χ2v) is 3.64. The van der Waals surface area contributed by atoms with Gasteiger partial charge >= 0.3 is 5.19 Å². The number of fused-ring (bicyclic) bond motifs is 1. The molecule has 1 atom stereocenters. The van der Waals surface area contributed by atoms with Gasteiger partial charge in [0, 0.05) is 16.8 Å². The largest absolute Gasteiger partial charge is 0.586 e. The third-order valence-corrected chi connectivity index (χ3v) is 2.93. The predicted octanol–water partition coefficient (Wildman–Crippen LogP) is 1.97. The summed E-state index contributed by atoms with van der Waals surface area (Å²) in [4.78, 5) is 4.05. The molecule has 62 valence electrons. The summed E-state index contributed by atoms with van der Waals surface area (Å²) in [7, 11) is 0.267. The number of rotatable bonds is 1. The van der Waals surface area contributed by atoms with Crippen molar-refractivity contribution in [2.45, 2.75) is 0 Å². The molecule has 0 fully saturated rings. The molecule has 2 aromatic rings. The summed E-state index contributed by atoms with van der Waals surface area (Å²) in [6, 6.07) is 7.31. The lowest BCUT2D eigenvalue weighted by Gasteiger charge is -1.90. The topological polar surface area (TPSA) is 45.2 Å². The van der Waals surface area contributed by atoms with Crippen molar-refractivity contribution in [2.24, 2.45) is 0 Å². The summed E-state index contributed by atoms with van der Waals surface area (Å²) in [6.45, 7) is 0. The monoisotopic (exact) mass is 181 g/mol. The van der Waals surface area contributed by atoms with Crippen molar-refractivity contribution in [3.05, 3.63) is 24.3 Å². The van der Waals surface area contributed by atoms with Gasteiger partial charge in [0.05, 0.1) is 7.11 Å². The first kappa shape index (κ1) is 7.52. The van der Waals surface area contributed by atoms with Crippen molar-refractivity contribution in [2.75, 3.05) is 7.11 Å². The quantitative estimate of drug-likeness (QED) is 0.632. The van der Waals surface area contributed by atoms with E-state index in [9.17, 15) is 4.55 Å². The molecule has 0 aliphatic heterocycles.